The van der Waals surface area contributed by atoms with E-state index in [0.29, 0.717) is 25.6 Å². The first-order valence-electron chi connectivity index (χ1n) is 9.88. The summed E-state index contributed by atoms with van der Waals surface area (Å²) in [7, 11) is 0. The Labute approximate surface area is 162 Å². The van der Waals surface area contributed by atoms with Crippen molar-refractivity contribution in [2.45, 2.75) is 25.7 Å². The Kier molecular flexibility index (Phi) is 3.97. The van der Waals surface area contributed by atoms with Crippen LogP contribution in [0.2, 0.25) is 0 Å². The van der Waals surface area contributed by atoms with Crippen molar-refractivity contribution in [3.8, 4) is 6.07 Å². The van der Waals surface area contributed by atoms with Gasteiger partial charge in [0.15, 0.2) is 5.65 Å². The lowest BCUT2D eigenvalue weighted by Crippen LogP contribution is -2.48. The molecule has 0 unspecified atom stereocenters. The summed E-state index contributed by atoms with van der Waals surface area (Å²) >= 11 is 0. The smallest absolute Gasteiger partial charge is 0.320 e. The number of imidazole rings is 1. The van der Waals surface area contributed by atoms with Crippen LogP contribution in [0, 0.1) is 23.2 Å². The summed E-state index contributed by atoms with van der Waals surface area (Å²) < 4.78 is 2.16. The minimum absolute atomic E-state index is 0.0333. The molecular weight excluding hydrogens is 354 g/mol. The van der Waals surface area contributed by atoms with Gasteiger partial charge in [-0.15, -0.1) is 0 Å². The van der Waals surface area contributed by atoms with Crippen LogP contribution in [0.15, 0.2) is 24.7 Å². The Morgan fingerprint density at radius 2 is 2.00 bits per heavy atom. The lowest BCUT2D eigenvalue weighted by Gasteiger charge is -2.38. The Balaban J connectivity index is 1.45. The number of nitriles is 1. The fraction of sp³-hybridized carbons (Fsp3) is 0.500. The van der Waals surface area contributed by atoms with E-state index in [4.69, 9.17) is 10.2 Å². The van der Waals surface area contributed by atoms with Crippen LogP contribution in [0.1, 0.15) is 31.5 Å². The molecule has 0 radical (unpaired) electrons. The summed E-state index contributed by atoms with van der Waals surface area (Å²) in [5.74, 6) is 1.55. The van der Waals surface area contributed by atoms with Crippen LogP contribution in [0.3, 0.4) is 0 Å². The van der Waals surface area contributed by atoms with Crippen molar-refractivity contribution in [1.82, 2.24) is 29.2 Å². The van der Waals surface area contributed by atoms with Crippen LogP contribution in [0.5, 0.6) is 0 Å². The maximum absolute atomic E-state index is 13.0. The summed E-state index contributed by atoms with van der Waals surface area (Å²) in [4.78, 5) is 29.1. The van der Waals surface area contributed by atoms with Crippen LogP contribution in [-0.2, 0) is 0 Å². The number of hydrogen-bond donors (Lipinski definition) is 1. The van der Waals surface area contributed by atoms with Crippen LogP contribution < -0.4 is 0 Å². The van der Waals surface area contributed by atoms with Gasteiger partial charge in [0, 0.05) is 38.3 Å². The Hall–Kier alpha value is -3.08. The number of piperidine rings is 1. The zero-order valence-corrected chi connectivity index (χ0v) is 15.9. The fourth-order valence-electron chi connectivity index (χ4n) is 4.58. The van der Waals surface area contributed by atoms with E-state index in [-0.39, 0.29) is 17.9 Å². The molecule has 28 heavy (non-hydrogen) atoms. The lowest BCUT2D eigenvalue weighted by atomic mass is 9.86. The second-order valence-electron chi connectivity index (χ2n) is 8.01. The zero-order valence-electron chi connectivity index (χ0n) is 15.9. The van der Waals surface area contributed by atoms with Crippen LogP contribution in [-0.4, -0.2) is 61.4 Å². The number of fused-ring (bicyclic) bond motifs is 3. The first kappa shape index (κ1) is 17.0. The van der Waals surface area contributed by atoms with Gasteiger partial charge in [-0.05, 0) is 24.8 Å². The minimum Gasteiger partial charge on any atom is -0.345 e. The number of carbonyl (C=O) groups excluding carboxylic acids is 1. The molecule has 5 rings (SSSR count). The van der Waals surface area contributed by atoms with Crippen molar-refractivity contribution < 1.29 is 4.79 Å². The molecule has 8 heteroatoms. The molecule has 1 N–H and O–H groups in total. The molecule has 0 spiro atoms. The number of nitrogens with zero attached hydrogens (tertiary/aromatic N) is 6. The molecule has 3 atom stereocenters. The second kappa shape index (κ2) is 6.51. The normalized spacial score (nSPS) is 25.5. The molecule has 0 bridgehead atoms. The minimum atomic E-state index is -0.0333. The maximum Gasteiger partial charge on any atom is 0.320 e. The quantitative estimate of drug-likeness (QED) is 0.705. The average Bonchev–Trinajstić information content (AvgIpc) is 3.45. The first-order chi connectivity index (χ1) is 13.7. The molecule has 2 amide bonds. The summed E-state index contributed by atoms with van der Waals surface area (Å²) in [5.41, 5.74) is 2.81. The number of amides is 2. The Bertz CT molecular complexity index is 1080. The molecule has 2 saturated heterocycles. The molecule has 2 aliphatic rings. The Morgan fingerprint density at radius 3 is 2.82 bits per heavy atom. The summed E-state index contributed by atoms with van der Waals surface area (Å²) in [6, 6.07) is 4.37. The number of carbonyl (C=O) groups is 1. The van der Waals surface area contributed by atoms with Crippen LogP contribution in [0.4, 0.5) is 4.79 Å². The highest BCUT2D eigenvalue weighted by Crippen LogP contribution is 2.33. The van der Waals surface area contributed by atoms with Crippen LogP contribution >= 0.6 is 0 Å². The number of hydrogen-bond acceptors (Lipinski definition) is 4. The number of H-pyrrole nitrogens is 1. The zero-order chi connectivity index (χ0) is 19.3. The van der Waals surface area contributed by atoms with Crippen molar-refractivity contribution in [2.24, 2.45) is 11.8 Å². The van der Waals surface area contributed by atoms with Crippen molar-refractivity contribution in [3.63, 3.8) is 0 Å². The molecular formula is C20H23N7O. The third kappa shape index (κ3) is 2.61. The number of likely N-dealkylation sites (tertiary alicyclic amines) is 2. The molecule has 144 valence electrons. The lowest BCUT2D eigenvalue weighted by molar-refractivity contribution is 0.131. The fourth-order valence-corrected chi connectivity index (χ4v) is 4.58. The molecule has 3 aromatic heterocycles. The molecule has 2 fully saturated rings. The Morgan fingerprint density at radius 1 is 1.21 bits per heavy atom. The number of urea groups is 1. The topological polar surface area (TPSA) is 93.3 Å². The number of nitrogens with one attached hydrogen (secondary N) is 1. The number of aromatic amines is 1. The largest absolute Gasteiger partial charge is 0.345 e. The first-order valence-corrected chi connectivity index (χ1v) is 9.88. The van der Waals surface area contributed by atoms with E-state index < -0.39 is 0 Å². The van der Waals surface area contributed by atoms with Gasteiger partial charge in [-0.1, -0.05) is 6.92 Å². The molecule has 3 aromatic rings. The van der Waals surface area contributed by atoms with E-state index in [0.717, 1.165) is 41.9 Å². The summed E-state index contributed by atoms with van der Waals surface area (Å²) in [6.45, 7) is 4.88. The van der Waals surface area contributed by atoms with E-state index in [1.165, 1.54) is 0 Å². The van der Waals surface area contributed by atoms with Crippen molar-refractivity contribution in [1.29, 1.82) is 5.26 Å². The van der Waals surface area contributed by atoms with E-state index in [9.17, 15) is 4.79 Å². The van der Waals surface area contributed by atoms with Crippen LogP contribution in [0.25, 0.3) is 16.7 Å². The van der Waals surface area contributed by atoms with Gasteiger partial charge in [-0.3, -0.25) is 4.40 Å². The number of rotatable bonds is 1. The highest BCUT2D eigenvalue weighted by Gasteiger charge is 2.36. The van der Waals surface area contributed by atoms with Gasteiger partial charge in [-0.25, -0.2) is 14.8 Å². The van der Waals surface area contributed by atoms with Gasteiger partial charge < -0.3 is 14.8 Å². The third-order valence-electron chi connectivity index (χ3n) is 6.29. The van der Waals surface area contributed by atoms with E-state index in [1.54, 1.807) is 0 Å². The van der Waals surface area contributed by atoms with Crippen molar-refractivity contribution in [2.75, 3.05) is 26.2 Å². The number of aromatic nitrogens is 4. The molecule has 2 aliphatic heterocycles. The van der Waals surface area contributed by atoms with Crippen molar-refractivity contribution in [3.05, 3.63) is 30.5 Å². The standard InChI is InChI=1S/C20H23N7O/c1-13-3-6-26(20(28)25-7-4-14(8-21)11-25)12-16(13)19-24-10-15-9-23-18-17(27(15)19)2-5-22-18/h2,5,9-10,13-14,16,22H,3-4,6-7,11-12H2,1H3/t13-,14+,16+/m1/s1. The molecule has 0 aliphatic carbocycles. The predicted molar refractivity (Wildman–Crippen MR) is 104 cm³/mol. The highest BCUT2D eigenvalue weighted by atomic mass is 16.2. The SMILES string of the molecule is C[C@@H]1CCN(C(=O)N2CC[C@@H](C#N)C2)C[C@@H]1c1ncc2cnc3[nH]ccc3n12. The third-order valence-corrected chi connectivity index (χ3v) is 6.29. The average molecular weight is 377 g/mol. The van der Waals surface area contributed by atoms with Gasteiger partial charge in [-0.2, -0.15) is 5.26 Å². The van der Waals surface area contributed by atoms with E-state index in [2.05, 4.69) is 27.4 Å². The van der Waals surface area contributed by atoms with Gasteiger partial charge in [0.25, 0.3) is 0 Å². The summed E-state index contributed by atoms with van der Waals surface area (Å²) in [5, 5.41) is 9.13. The van der Waals surface area contributed by atoms with E-state index >= 15 is 0 Å². The van der Waals surface area contributed by atoms with Gasteiger partial charge in [0.05, 0.1) is 35.4 Å². The highest BCUT2D eigenvalue weighted by molar-refractivity contribution is 5.76. The summed E-state index contributed by atoms with van der Waals surface area (Å²) in [6.07, 6.45) is 7.31. The molecule has 0 aromatic carbocycles. The van der Waals surface area contributed by atoms with Gasteiger partial charge >= 0.3 is 6.03 Å². The molecule has 8 nitrogen and oxygen atoms in total. The molecule has 5 heterocycles. The van der Waals surface area contributed by atoms with Gasteiger partial charge in [0.2, 0.25) is 0 Å². The predicted octanol–water partition coefficient (Wildman–Crippen LogP) is 2.60. The monoisotopic (exact) mass is 377 g/mol. The second-order valence-corrected chi connectivity index (χ2v) is 8.01. The van der Waals surface area contributed by atoms with Gasteiger partial charge in [0.1, 0.15) is 5.82 Å². The van der Waals surface area contributed by atoms with Crippen molar-refractivity contribution >= 4 is 22.7 Å². The maximum atomic E-state index is 13.0. The molecule has 0 saturated carbocycles. The van der Waals surface area contributed by atoms with E-state index in [1.807, 2.05) is 34.5 Å².